The van der Waals surface area contributed by atoms with Gasteiger partial charge in [-0.25, -0.2) is 8.42 Å². The van der Waals surface area contributed by atoms with Crippen LogP contribution in [0.5, 0.6) is 0 Å². The Balaban J connectivity index is 0.00000529. The Morgan fingerprint density at radius 3 is 2.42 bits per heavy atom. The molecule has 138 valence electrons. The molecule has 0 fully saturated rings. The smallest absolute Gasteiger partial charge is 0.191 e. The van der Waals surface area contributed by atoms with E-state index in [-0.39, 0.29) is 36.3 Å². The van der Waals surface area contributed by atoms with E-state index in [1.807, 2.05) is 12.1 Å². The fourth-order valence-electron chi connectivity index (χ4n) is 2.03. The van der Waals surface area contributed by atoms with Gasteiger partial charge in [-0.15, -0.1) is 24.0 Å². The van der Waals surface area contributed by atoms with Crippen molar-refractivity contribution in [2.75, 3.05) is 38.8 Å². The molecule has 0 saturated carbocycles. The van der Waals surface area contributed by atoms with Gasteiger partial charge in [0.2, 0.25) is 0 Å². The summed E-state index contributed by atoms with van der Waals surface area (Å²) >= 11 is 0. The quantitative estimate of drug-likeness (QED) is 0.249. The van der Waals surface area contributed by atoms with Crippen LogP contribution < -0.4 is 10.6 Å². The number of rotatable bonds is 9. The molecule has 2 N–H and O–H groups in total. The highest BCUT2D eigenvalue weighted by Gasteiger charge is 2.03. The zero-order valence-electron chi connectivity index (χ0n) is 14.5. The summed E-state index contributed by atoms with van der Waals surface area (Å²) in [5, 5.41) is 6.40. The van der Waals surface area contributed by atoms with Crippen LogP contribution in [0.3, 0.4) is 0 Å². The van der Waals surface area contributed by atoms with E-state index in [1.54, 1.807) is 7.05 Å². The average molecular weight is 469 g/mol. The third kappa shape index (κ3) is 10.1. The maximum Gasteiger partial charge on any atom is 0.191 e. The van der Waals surface area contributed by atoms with Gasteiger partial charge >= 0.3 is 0 Å². The van der Waals surface area contributed by atoms with Gasteiger partial charge in [0.05, 0.1) is 19.0 Å². The third-order valence-corrected chi connectivity index (χ3v) is 4.21. The minimum Gasteiger partial charge on any atom is -0.379 e. The van der Waals surface area contributed by atoms with Gasteiger partial charge in [-0.3, -0.25) is 4.99 Å². The summed E-state index contributed by atoms with van der Waals surface area (Å²) in [4.78, 5) is 4.16. The second-order valence-corrected chi connectivity index (χ2v) is 7.48. The van der Waals surface area contributed by atoms with Gasteiger partial charge in [-0.05, 0) is 17.5 Å². The Morgan fingerprint density at radius 2 is 1.83 bits per heavy atom. The molecule has 0 unspecified atom stereocenters. The number of nitrogens with zero attached hydrogens (tertiary/aromatic N) is 1. The summed E-state index contributed by atoms with van der Waals surface area (Å²) in [6, 6.07) is 8.31. The maximum atomic E-state index is 11.0. The van der Waals surface area contributed by atoms with Crippen molar-refractivity contribution in [2.24, 2.45) is 4.99 Å². The molecule has 0 aliphatic heterocycles. The van der Waals surface area contributed by atoms with E-state index >= 15 is 0 Å². The highest BCUT2D eigenvalue weighted by molar-refractivity contribution is 14.0. The first-order valence-electron chi connectivity index (χ1n) is 7.73. The highest BCUT2D eigenvalue weighted by atomic mass is 127. The molecule has 0 spiro atoms. The Labute approximate surface area is 162 Å². The molecule has 0 radical (unpaired) electrons. The monoisotopic (exact) mass is 469 g/mol. The second-order valence-electron chi connectivity index (χ2n) is 5.22. The van der Waals surface area contributed by atoms with Crippen molar-refractivity contribution in [3.8, 4) is 0 Å². The molecule has 0 amide bonds. The van der Waals surface area contributed by atoms with E-state index in [0.717, 1.165) is 6.42 Å². The second kappa shape index (κ2) is 12.5. The Hall–Kier alpha value is -0.870. The summed E-state index contributed by atoms with van der Waals surface area (Å²) in [7, 11) is -1.25. The fraction of sp³-hybridized carbons (Fsp3) is 0.562. The molecule has 0 aliphatic carbocycles. The van der Waals surface area contributed by atoms with Gasteiger partial charge in [0, 0.05) is 26.4 Å². The summed E-state index contributed by atoms with van der Waals surface area (Å²) in [6.45, 7) is 4.06. The van der Waals surface area contributed by atoms with Crippen LogP contribution in [-0.2, 0) is 27.5 Å². The molecule has 0 atom stereocenters. The van der Waals surface area contributed by atoms with Crippen LogP contribution in [0.1, 0.15) is 18.1 Å². The topological polar surface area (TPSA) is 79.8 Å². The van der Waals surface area contributed by atoms with Crippen LogP contribution in [0.4, 0.5) is 0 Å². The van der Waals surface area contributed by atoms with Crippen molar-refractivity contribution in [2.45, 2.75) is 19.9 Å². The van der Waals surface area contributed by atoms with Crippen molar-refractivity contribution < 1.29 is 13.2 Å². The standard InChI is InChI=1S/C16H27N3O3S.HI/c1-4-14-7-5-6-8-15(14)13-19-16(17-2)18-9-10-22-11-12-23(3,20)21;/h5-8H,4,9-13H2,1-3H3,(H2,17,18,19);1H. The van der Waals surface area contributed by atoms with E-state index < -0.39 is 9.84 Å². The zero-order chi connectivity index (χ0) is 17.1. The lowest BCUT2D eigenvalue weighted by molar-refractivity contribution is 0.154. The lowest BCUT2D eigenvalue weighted by Crippen LogP contribution is -2.38. The summed E-state index contributed by atoms with van der Waals surface area (Å²) in [6.07, 6.45) is 2.20. The minimum atomic E-state index is -2.96. The van der Waals surface area contributed by atoms with E-state index in [2.05, 4.69) is 34.7 Å². The van der Waals surface area contributed by atoms with Crippen LogP contribution >= 0.6 is 24.0 Å². The summed E-state index contributed by atoms with van der Waals surface area (Å²) in [5.41, 5.74) is 2.57. The first-order valence-corrected chi connectivity index (χ1v) is 9.79. The predicted octanol–water partition coefficient (Wildman–Crippen LogP) is 1.59. The number of aliphatic imine (C=N–C) groups is 1. The highest BCUT2D eigenvalue weighted by Crippen LogP contribution is 2.08. The van der Waals surface area contributed by atoms with Gasteiger partial charge in [0.15, 0.2) is 5.96 Å². The molecule has 0 saturated heterocycles. The maximum absolute atomic E-state index is 11.0. The van der Waals surface area contributed by atoms with Gasteiger partial charge in [0.25, 0.3) is 0 Å². The van der Waals surface area contributed by atoms with Crippen molar-refractivity contribution in [1.82, 2.24) is 10.6 Å². The van der Waals surface area contributed by atoms with Gasteiger partial charge in [0.1, 0.15) is 9.84 Å². The number of sulfone groups is 1. The van der Waals surface area contributed by atoms with E-state index in [9.17, 15) is 8.42 Å². The molecular weight excluding hydrogens is 441 g/mol. The predicted molar refractivity (Wildman–Crippen MR) is 110 cm³/mol. The molecule has 1 aromatic carbocycles. The first-order chi connectivity index (χ1) is 11.0. The Bertz CT molecular complexity index is 606. The number of hydrogen-bond donors (Lipinski definition) is 2. The van der Waals surface area contributed by atoms with Gasteiger partial charge in [-0.2, -0.15) is 0 Å². The lowest BCUT2D eigenvalue weighted by atomic mass is 10.1. The third-order valence-electron chi connectivity index (χ3n) is 3.31. The molecule has 6 nitrogen and oxygen atoms in total. The van der Waals surface area contributed by atoms with E-state index in [1.165, 1.54) is 17.4 Å². The number of hydrogen-bond acceptors (Lipinski definition) is 4. The van der Waals surface area contributed by atoms with Crippen molar-refractivity contribution in [1.29, 1.82) is 0 Å². The molecule has 1 rings (SSSR count). The molecule has 0 heterocycles. The first kappa shape index (κ1) is 23.1. The fourth-order valence-corrected chi connectivity index (χ4v) is 2.45. The van der Waals surface area contributed by atoms with Gasteiger partial charge in [-0.1, -0.05) is 31.2 Å². The van der Waals surface area contributed by atoms with Crippen LogP contribution in [0.15, 0.2) is 29.3 Å². The lowest BCUT2D eigenvalue weighted by Gasteiger charge is -2.13. The molecule has 1 aromatic rings. The normalized spacial score (nSPS) is 11.7. The van der Waals surface area contributed by atoms with Crippen LogP contribution in [0.2, 0.25) is 0 Å². The van der Waals surface area contributed by atoms with Crippen LogP contribution in [0.25, 0.3) is 0 Å². The van der Waals surface area contributed by atoms with Crippen molar-refractivity contribution in [3.05, 3.63) is 35.4 Å². The van der Waals surface area contributed by atoms with Crippen molar-refractivity contribution >= 4 is 39.8 Å². The molecule has 0 aliphatic rings. The molecule has 0 bridgehead atoms. The number of halogens is 1. The minimum absolute atomic E-state index is 0. The largest absolute Gasteiger partial charge is 0.379 e. The molecule has 8 heteroatoms. The summed E-state index contributed by atoms with van der Waals surface area (Å²) in [5.74, 6) is 0.746. The Kier molecular flexibility index (Phi) is 12.0. The van der Waals surface area contributed by atoms with Gasteiger partial charge < -0.3 is 15.4 Å². The SMILES string of the molecule is CCc1ccccc1CNC(=NC)NCCOCCS(C)(=O)=O.I. The number of guanidine groups is 1. The average Bonchev–Trinajstić information content (AvgIpc) is 2.52. The van der Waals surface area contributed by atoms with E-state index in [0.29, 0.717) is 25.7 Å². The number of nitrogens with one attached hydrogen (secondary N) is 2. The van der Waals surface area contributed by atoms with Crippen LogP contribution in [0, 0.1) is 0 Å². The zero-order valence-corrected chi connectivity index (χ0v) is 17.7. The van der Waals surface area contributed by atoms with E-state index in [4.69, 9.17) is 4.74 Å². The number of aryl methyl sites for hydroxylation is 1. The van der Waals surface area contributed by atoms with Crippen LogP contribution in [-0.4, -0.2) is 53.2 Å². The molecule has 0 aromatic heterocycles. The summed E-state index contributed by atoms with van der Waals surface area (Å²) < 4.78 is 27.2. The molecular formula is C16H28IN3O3S. The number of benzene rings is 1. The molecule has 24 heavy (non-hydrogen) atoms. The Morgan fingerprint density at radius 1 is 1.17 bits per heavy atom. The number of ether oxygens (including phenoxy) is 1. The van der Waals surface area contributed by atoms with Crippen molar-refractivity contribution in [3.63, 3.8) is 0 Å².